The van der Waals surface area contributed by atoms with Crippen LogP contribution in [0.4, 0.5) is 15.8 Å². The van der Waals surface area contributed by atoms with E-state index in [1.165, 1.54) is 25.3 Å². The first-order valence-corrected chi connectivity index (χ1v) is 9.21. The molecule has 9 nitrogen and oxygen atoms in total. The summed E-state index contributed by atoms with van der Waals surface area (Å²) in [5.41, 5.74) is 0.661. The molecule has 4 rings (SSSR count). The first-order chi connectivity index (χ1) is 14.4. The molecular weight excluding hydrogens is 417 g/mol. The van der Waals surface area contributed by atoms with Gasteiger partial charge in [0, 0.05) is 5.69 Å². The smallest absolute Gasteiger partial charge is 0.263 e. The van der Waals surface area contributed by atoms with Crippen molar-refractivity contribution in [2.45, 2.75) is 12.1 Å². The van der Waals surface area contributed by atoms with Crippen LogP contribution < -0.4 is 15.0 Å². The van der Waals surface area contributed by atoms with Gasteiger partial charge in [0.1, 0.15) is 18.1 Å². The van der Waals surface area contributed by atoms with E-state index < -0.39 is 35.6 Å². The standard InChI is InChI=1S/C19H15ClFN5O4/c1-30-14-7-4-11(8-13(14)20)22-15(27)9-25-17-16(23-24-25)18(28)26(19(17)29)12-5-2-10(21)3-6-12/h2-8,16-17H,9H2,1H3,(H,22,27)/t16-,17+/m0/s1. The van der Waals surface area contributed by atoms with Crippen molar-refractivity contribution < 1.29 is 23.5 Å². The monoisotopic (exact) mass is 431 g/mol. The van der Waals surface area contributed by atoms with Crippen molar-refractivity contribution in [3.8, 4) is 5.75 Å². The fourth-order valence-corrected chi connectivity index (χ4v) is 3.55. The van der Waals surface area contributed by atoms with Crippen LogP contribution in [-0.2, 0) is 14.4 Å². The molecule has 2 atom stereocenters. The van der Waals surface area contributed by atoms with Gasteiger partial charge < -0.3 is 10.1 Å². The van der Waals surface area contributed by atoms with Crippen molar-refractivity contribution in [1.82, 2.24) is 5.01 Å². The summed E-state index contributed by atoms with van der Waals surface area (Å²) in [6.45, 7) is -0.301. The minimum Gasteiger partial charge on any atom is -0.495 e. The highest BCUT2D eigenvalue weighted by Gasteiger charge is 2.55. The van der Waals surface area contributed by atoms with Crippen LogP contribution in [0.15, 0.2) is 52.8 Å². The topological polar surface area (TPSA) is 104 Å². The zero-order valence-electron chi connectivity index (χ0n) is 15.6. The van der Waals surface area contributed by atoms with Gasteiger partial charge in [-0.25, -0.2) is 9.29 Å². The van der Waals surface area contributed by atoms with E-state index in [1.54, 1.807) is 12.1 Å². The first kappa shape index (κ1) is 19.8. The molecule has 2 aliphatic heterocycles. The van der Waals surface area contributed by atoms with Gasteiger partial charge in [0.25, 0.3) is 11.8 Å². The molecule has 0 spiro atoms. The van der Waals surface area contributed by atoms with Gasteiger partial charge in [-0.15, -0.1) is 0 Å². The maximum absolute atomic E-state index is 13.2. The number of carbonyl (C=O) groups is 3. The second kappa shape index (κ2) is 7.71. The van der Waals surface area contributed by atoms with Gasteiger partial charge in [-0.2, -0.15) is 5.11 Å². The predicted octanol–water partition coefficient (Wildman–Crippen LogP) is 2.42. The summed E-state index contributed by atoms with van der Waals surface area (Å²) in [7, 11) is 1.48. The van der Waals surface area contributed by atoms with Gasteiger partial charge in [-0.3, -0.25) is 19.4 Å². The predicted molar refractivity (Wildman–Crippen MR) is 105 cm³/mol. The van der Waals surface area contributed by atoms with Crippen LogP contribution in [-0.4, -0.2) is 48.5 Å². The highest BCUT2D eigenvalue weighted by Crippen LogP contribution is 2.32. The van der Waals surface area contributed by atoms with Crippen molar-refractivity contribution >= 4 is 40.7 Å². The number of amides is 3. The number of imide groups is 1. The highest BCUT2D eigenvalue weighted by atomic mass is 35.5. The number of halogens is 2. The summed E-state index contributed by atoms with van der Waals surface area (Å²) >= 11 is 6.04. The average Bonchev–Trinajstić information content (AvgIpc) is 3.23. The van der Waals surface area contributed by atoms with Crippen LogP contribution in [0.2, 0.25) is 5.02 Å². The van der Waals surface area contributed by atoms with Gasteiger partial charge in [0.15, 0.2) is 12.1 Å². The Labute approximate surface area is 175 Å². The van der Waals surface area contributed by atoms with E-state index in [9.17, 15) is 18.8 Å². The summed E-state index contributed by atoms with van der Waals surface area (Å²) in [5, 5.41) is 11.8. The van der Waals surface area contributed by atoms with Crippen LogP contribution in [0.5, 0.6) is 5.75 Å². The fraction of sp³-hybridized carbons (Fsp3) is 0.211. The molecule has 2 aromatic carbocycles. The molecule has 0 aromatic heterocycles. The number of rotatable bonds is 5. The van der Waals surface area contributed by atoms with Crippen LogP contribution in [0.1, 0.15) is 0 Å². The second-order valence-corrected chi connectivity index (χ2v) is 6.99. The lowest BCUT2D eigenvalue weighted by Gasteiger charge is -2.20. The SMILES string of the molecule is COc1ccc(NC(=O)CN2N=N[C@@H]3C(=O)N(c4ccc(F)cc4)C(=O)[C@@H]32)cc1Cl. The van der Waals surface area contributed by atoms with E-state index >= 15 is 0 Å². The summed E-state index contributed by atoms with van der Waals surface area (Å²) < 4.78 is 18.2. The minimum atomic E-state index is -1.05. The van der Waals surface area contributed by atoms with E-state index in [0.29, 0.717) is 16.5 Å². The molecule has 0 unspecified atom stereocenters. The molecule has 1 N–H and O–H groups in total. The highest BCUT2D eigenvalue weighted by molar-refractivity contribution is 6.32. The molecule has 2 aliphatic rings. The van der Waals surface area contributed by atoms with Crippen molar-refractivity contribution in [2.24, 2.45) is 10.3 Å². The number of ether oxygens (including phenoxy) is 1. The Bertz CT molecular complexity index is 1060. The molecule has 0 radical (unpaired) electrons. The summed E-state index contributed by atoms with van der Waals surface area (Å²) in [4.78, 5) is 38.8. The Hall–Kier alpha value is -3.53. The molecule has 1 saturated heterocycles. The number of nitrogens with zero attached hydrogens (tertiary/aromatic N) is 4. The molecule has 0 aliphatic carbocycles. The van der Waals surface area contributed by atoms with Crippen molar-refractivity contribution in [3.05, 3.63) is 53.3 Å². The molecular formula is C19H15ClFN5O4. The van der Waals surface area contributed by atoms with E-state index in [4.69, 9.17) is 16.3 Å². The van der Waals surface area contributed by atoms with Crippen LogP contribution in [0.25, 0.3) is 0 Å². The van der Waals surface area contributed by atoms with Gasteiger partial charge in [-0.1, -0.05) is 16.8 Å². The Kier molecular flexibility index (Phi) is 5.08. The molecule has 30 heavy (non-hydrogen) atoms. The number of carbonyl (C=O) groups excluding carboxylic acids is 3. The Morgan fingerprint density at radius 3 is 2.60 bits per heavy atom. The minimum absolute atomic E-state index is 0.230. The normalized spacial score (nSPS) is 20.0. The van der Waals surface area contributed by atoms with Gasteiger partial charge >= 0.3 is 0 Å². The third kappa shape index (κ3) is 3.45. The zero-order chi connectivity index (χ0) is 21.4. The third-order valence-electron chi connectivity index (χ3n) is 4.68. The molecule has 154 valence electrons. The van der Waals surface area contributed by atoms with E-state index in [-0.39, 0.29) is 12.2 Å². The number of anilines is 2. The molecule has 11 heteroatoms. The quantitative estimate of drug-likeness (QED) is 0.732. The van der Waals surface area contributed by atoms with Gasteiger partial charge in [-0.05, 0) is 42.5 Å². The molecule has 2 aromatic rings. The van der Waals surface area contributed by atoms with Crippen LogP contribution >= 0.6 is 11.6 Å². The summed E-state index contributed by atoms with van der Waals surface area (Å²) in [6.07, 6.45) is 0. The Morgan fingerprint density at radius 1 is 1.20 bits per heavy atom. The van der Waals surface area contributed by atoms with Gasteiger partial charge in [0.2, 0.25) is 5.91 Å². The van der Waals surface area contributed by atoms with Crippen molar-refractivity contribution in [2.75, 3.05) is 23.9 Å². The number of hydrogen-bond donors (Lipinski definition) is 1. The largest absolute Gasteiger partial charge is 0.495 e. The first-order valence-electron chi connectivity index (χ1n) is 8.83. The Morgan fingerprint density at radius 2 is 1.93 bits per heavy atom. The lowest BCUT2D eigenvalue weighted by atomic mass is 10.1. The molecule has 0 saturated carbocycles. The fourth-order valence-electron chi connectivity index (χ4n) is 3.29. The van der Waals surface area contributed by atoms with E-state index in [1.807, 2.05) is 0 Å². The van der Waals surface area contributed by atoms with Gasteiger partial charge in [0.05, 0.1) is 17.8 Å². The van der Waals surface area contributed by atoms with Crippen LogP contribution in [0.3, 0.4) is 0 Å². The number of fused-ring (bicyclic) bond motifs is 1. The average molecular weight is 432 g/mol. The number of hydrogen-bond acceptors (Lipinski definition) is 7. The number of methoxy groups -OCH3 is 1. The van der Waals surface area contributed by atoms with E-state index in [0.717, 1.165) is 22.0 Å². The lowest BCUT2D eigenvalue weighted by molar-refractivity contribution is -0.123. The number of benzene rings is 2. The Balaban J connectivity index is 1.46. The van der Waals surface area contributed by atoms with E-state index in [2.05, 4.69) is 15.7 Å². The van der Waals surface area contributed by atoms with Crippen LogP contribution in [0, 0.1) is 5.82 Å². The molecule has 1 fully saturated rings. The lowest BCUT2D eigenvalue weighted by Crippen LogP contribution is -2.43. The second-order valence-electron chi connectivity index (χ2n) is 6.58. The summed E-state index contributed by atoms with van der Waals surface area (Å²) in [5.74, 6) is -1.67. The maximum atomic E-state index is 13.2. The third-order valence-corrected chi connectivity index (χ3v) is 4.98. The maximum Gasteiger partial charge on any atom is 0.263 e. The molecule has 3 amide bonds. The zero-order valence-corrected chi connectivity index (χ0v) is 16.3. The molecule has 0 bridgehead atoms. The molecule has 2 heterocycles. The summed E-state index contributed by atoms with van der Waals surface area (Å²) in [6, 6.07) is 7.60. The number of nitrogens with one attached hydrogen (secondary N) is 1. The van der Waals surface area contributed by atoms with Crippen molar-refractivity contribution in [1.29, 1.82) is 0 Å². The van der Waals surface area contributed by atoms with Crippen molar-refractivity contribution in [3.63, 3.8) is 0 Å².